The number of likely N-dealkylation sites (tertiary alicyclic amines) is 1. The molecule has 0 saturated carbocycles. The summed E-state index contributed by atoms with van der Waals surface area (Å²) in [6.45, 7) is 13.7. The van der Waals surface area contributed by atoms with Gasteiger partial charge in [0.25, 0.3) is 0 Å². The SMILES string of the molecule is Cc1sc(CNC(C)(C)C)cc1CN1CCCCCCC1. The molecule has 0 radical (unpaired) electrons. The minimum Gasteiger partial charge on any atom is -0.307 e. The molecule has 1 N–H and O–H groups in total. The van der Waals surface area contributed by atoms with Crippen molar-refractivity contribution < 1.29 is 0 Å². The lowest BCUT2D eigenvalue weighted by Crippen LogP contribution is -2.34. The van der Waals surface area contributed by atoms with E-state index in [-0.39, 0.29) is 5.54 Å². The van der Waals surface area contributed by atoms with Crippen molar-refractivity contribution in [2.24, 2.45) is 0 Å². The van der Waals surface area contributed by atoms with Crippen LogP contribution in [0.25, 0.3) is 0 Å². The molecule has 0 unspecified atom stereocenters. The van der Waals surface area contributed by atoms with Gasteiger partial charge < -0.3 is 5.32 Å². The summed E-state index contributed by atoms with van der Waals surface area (Å²) in [4.78, 5) is 5.64. The lowest BCUT2D eigenvalue weighted by Gasteiger charge is -2.24. The van der Waals surface area contributed by atoms with Crippen molar-refractivity contribution >= 4 is 11.3 Å². The Morgan fingerprint density at radius 3 is 2.33 bits per heavy atom. The highest BCUT2D eigenvalue weighted by molar-refractivity contribution is 7.12. The molecule has 0 aromatic carbocycles. The Labute approximate surface area is 134 Å². The summed E-state index contributed by atoms with van der Waals surface area (Å²) < 4.78 is 0. The normalized spacial score (nSPS) is 18.5. The first kappa shape index (κ1) is 17.0. The second kappa shape index (κ2) is 7.75. The van der Waals surface area contributed by atoms with E-state index >= 15 is 0 Å². The lowest BCUT2D eigenvalue weighted by molar-refractivity contribution is 0.239. The van der Waals surface area contributed by atoms with E-state index in [0.717, 1.165) is 13.1 Å². The quantitative estimate of drug-likeness (QED) is 0.866. The fraction of sp³-hybridized carbons (Fsp3) is 0.778. The smallest absolute Gasteiger partial charge is 0.0304 e. The maximum atomic E-state index is 3.60. The number of rotatable bonds is 4. The van der Waals surface area contributed by atoms with Gasteiger partial charge in [0.1, 0.15) is 0 Å². The highest BCUT2D eigenvalue weighted by Gasteiger charge is 2.14. The van der Waals surface area contributed by atoms with Crippen LogP contribution in [0.5, 0.6) is 0 Å². The van der Waals surface area contributed by atoms with E-state index in [0.29, 0.717) is 0 Å². The van der Waals surface area contributed by atoms with E-state index in [4.69, 9.17) is 0 Å². The van der Waals surface area contributed by atoms with E-state index in [1.54, 1.807) is 5.56 Å². The van der Waals surface area contributed by atoms with Crippen molar-refractivity contribution in [1.82, 2.24) is 10.2 Å². The number of nitrogens with one attached hydrogen (secondary N) is 1. The highest BCUT2D eigenvalue weighted by Crippen LogP contribution is 2.24. The van der Waals surface area contributed by atoms with E-state index in [1.807, 2.05) is 11.3 Å². The summed E-state index contributed by atoms with van der Waals surface area (Å²) in [6.07, 6.45) is 7.02. The van der Waals surface area contributed by atoms with Crippen molar-refractivity contribution in [2.45, 2.75) is 78.4 Å². The molecule has 0 atom stereocenters. The zero-order valence-electron chi connectivity index (χ0n) is 14.3. The number of aryl methyl sites for hydroxylation is 1. The Bertz CT molecular complexity index is 423. The minimum atomic E-state index is 0.196. The molecule has 21 heavy (non-hydrogen) atoms. The van der Waals surface area contributed by atoms with Gasteiger partial charge in [-0.2, -0.15) is 0 Å². The van der Waals surface area contributed by atoms with Crippen LogP contribution in [-0.2, 0) is 13.1 Å². The zero-order chi connectivity index (χ0) is 15.3. The van der Waals surface area contributed by atoms with Crippen LogP contribution in [0.1, 0.15) is 68.2 Å². The average molecular weight is 309 g/mol. The molecule has 1 aromatic rings. The molecule has 0 amide bonds. The largest absolute Gasteiger partial charge is 0.307 e. The van der Waals surface area contributed by atoms with E-state index in [1.165, 1.54) is 54.9 Å². The molecule has 2 nitrogen and oxygen atoms in total. The lowest BCUT2D eigenvalue weighted by atomic mass is 10.1. The Morgan fingerprint density at radius 2 is 1.71 bits per heavy atom. The van der Waals surface area contributed by atoms with Gasteiger partial charge in [-0.1, -0.05) is 19.3 Å². The van der Waals surface area contributed by atoms with Crippen LogP contribution in [0, 0.1) is 6.92 Å². The van der Waals surface area contributed by atoms with Crippen LogP contribution < -0.4 is 5.32 Å². The van der Waals surface area contributed by atoms with Gasteiger partial charge in [0.15, 0.2) is 0 Å². The van der Waals surface area contributed by atoms with Gasteiger partial charge in [-0.15, -0.1) is 11.3 Å². The molecule has 0 aliphatic carbocycles. The number of hydrogen-bond acceptors (Lipinski definition) is 3. The molecule has 0 bridgehead atoms. The summed E-state index contributed by atoms with van der Waals surface area (Å²) in [5.74, 6) is 0. The Hall–Kier alpha value is -0.380. The zero-order valence-corrected chi connectivity index (χ0v) is 15.1. The van der Waals surface area contributed by atoms with E-state index in [9.17, 15) is 0 Å². The second-order valence-electron chi connectivity index (χ2n) is 7.44. The van der Waals surface area contributed by atoms with Gasteiger partial charge >= 0.3 is 0 Å². The molecule has 3 heteroatoms. The molecule has 0 spiro atoms. The van der Waals surface area contributed by atoms with Crippen molar-refractivity contribution in [3.05, 3.63) is 21.4 Å². The first-order chi connectivity index (χ1) is 9.94. The predicted octanol–water partition coefficient (Wildman–Crippen LogP) is 4.71. The topological polar surface area (TPSA) is 15.3 Å². The fourth-order valence-electron chi connectivity index (χ4n) is 2.90. The molecule has 2 rings (SSSR count). The van der Waals surface area contributed by atoms with Gasteiger partial charge in [0.05, 0.1) is 0 Å². The molecular formula is C18H32N2S. The highest BCUT2D eigenvalue weighted by atomic mass is 32.1. The van der Waals surface area contributed by atoms with Gasteiger partial charge in [-0.05, 0) is 65.3 Å². The van der Waals surface area contributed by atoms with Gasteiger partial charge in [-0.3, -0.25) is 4.90 Å². The summed E-state index contributed by atoms with van der Waals surface area (Å²) in [5.41, 5.74) is 1.74. The summed E-state index contributed by atoms with van der Waals surface area (Å²) in [5, 5.41) is 3.60. The number of thiophene rings is 1. The van der Waals surface area contributed by atoms with Gasteiger partial charge in [-0.25, -0.2) is 0 Å². The molecule has 1 aliphatic rings. The first-order valence-electron chi connectivity index (χ1n) is 8.49. The standard InChI is InChI=1S/C18H32N2S/c1-15-16(12-17(21-15)13-19-18(2,3)4)14-20-10-8-6-5-7-9-11-20/h12,19H,5-11,13-14H2,1-4H3. The molecule has 1 aromatic heterocycles. The first-order valence-corrected chi connectivity index (χ1v) is 9.31. The van der Waals surface area contributed by atoms with E-state index < -0.39 is 0 Å². The third kappa shape index (κ3) is 6.09. The Kier molecular flexibility index (Phi) is 6.27. The average Bonchev–Trinajstić information content (AvgIpc) is 2.70. The van der Waals surface area contributed by atoms with Crippen molar-refractivity contribution in [1.29, 1.82) is 0 Å². The molecule has 1 fully saturated rings. The molecule has 2 heterocycles. The summed E-state index contributed by atoms with van der Waals surface area (Å²) in [7, 11) is 0. The minimum absolute atomic E-state index is 0.196. The fourth-order valence-corrected chi connectivity index (χ4v) is 3.89. The molecular weight excluding hydrogens is 276 g/mol. The third-order valence-corrected chi connectivity index (χ3v) is 5.30. The van der Waals surface area contributed by atoms with Crippen molar-refractivity contribution in [2.75, 3.05) is 13.1 Å². The van der Waals surface area contributed by atoms with Crippen molar-refractivity contribution in [3.8, 4) is 0 Å². The van der Waals surface area contributed by atoms with Crippen LogP contribution in [0.15, 0.2) is 6.07 Å². The summed E-state index contributed by atoms with van der Waals surface area (Å²) in [6, 6.07) is 2.43. The van der Waals surface area contributed by atoms with Crippen LogP contribution in [0.4, 0.5) is 0 Å². The van der Waals surface area contributed by atoms with Gasteiger partial charge in [0, 0.05) is 28.4 Å². The maximum absolute atomic E-state index is 3.60. The van der Waals surface area contributed by atoms with Gasteiger partial charge in [0.2, 0.25) is 0 Å². The maximum Gasteiger partial charge on any atom is 0.0304 e. The van der Waals surface area contributed by atoms with Crippen LogP contribution >= 0.6 is 11.3 Å². The van der Waals surface area contributed by atoms with Crippen LogP contribution in [0.2, 0.25) is 0 Å². The Balaban J connectivity index is 1.91. The molecule has 120 valence electrons. The van der Waals surface area contributed by atoms with E-state index in [2.05, 4.69) is 44.0 Å². The number of hydrogen-bond donors (Lipinski definition) is 1. The summed E-state index contributed by atoms with van der Waals surface area (Å²) >= 11 is 1.96. The molecule has 1 aliphatic heterocycles. The molecule has 1 saturated heterocycles. The van der Waals surface area contributed by atoms with Crippen LogP contribution in [-0.4, -0.2) is 23.5 Å². The third-order valence-electron chi connectivity index (χ3n) is 4.21. The predicted molar refractivity (Wildman–Crippen MR) is 94.0 cm³/mol. The Morgan fingerprint density at radius 1 is 1.10 bits per heavy atom. The second-order valence-corrected chi connectivity index (χ2v) is 8.78. The van der Waals surface area contributed by atoms with Crippen molar-refractivity contribution in [3.63, 3.8) is 0 Å². The van der Waals surface area contributed by atoms with Crippen LogP contribution in [0.3, 0.4) is 0 Å². The monoisotopic (exact) mass is 308 g/mol. The number of nitrogens with zero attached hydrogens (tertiary/aromatic N) is 1.